The summed E-state index contributed by atoms with van der Waals surface area (Å²) in [6.07, 6.45) is 2.88. The Morgan fingerprint density at radius 1 is 1.29 bits per heavy atom. The van der Waals surface area contributed by atoms with E-state index in [1.165, 1.54) is 30.6 Å². The minimum Gasteiger partial charge on any atom is -0.424 e. The summed E-state index contributed by atoms with van der Waals surface area (Å²) in [4.78, 5) is 7.73. The van der Waals surface area contributed by atoms with Crippen LogP contribution in [0.25, 0.3) is 0 Å². The molecule has 0 saturated heterocycles. The van der Waals surface area contributed by atoms with E-state index in [1.807, 2.05) is 0 Å². The zero-order chi connectivity index (χ0) is 12.3. The van der Waals surface area contributed by atoms with Gasteiger partial charge in [0, 0.05) is 24.0 Å². The van der Waals surface area contributed by atoms with Crippen LogP contribution in [0.5, 0.6) is 11.8 Å². The van der Waals surface area contributed by atoms with Crippen molar-refractivity contribution in [1.29, 1.82) is 0 Å². The topological polar surface area (TPSA) is 55.2 Å². The van der Waals surface area contributed by atoms with Crippen molar-refractivity contribution in [2.45, 2.75) is 6.61 Å². The zero-order valence-corrected chi connectivity index (χ0v) is 9.36. The molecule has 2 rings (SSSR count). The van der Waals surface area contributed by atoms with Crippen LogP contribution in [-0.2, 0) is 6.61 Å². The molecule has 1 N–H and O–H groups in total. The predicted molar refractivity (Wildman–Crippen MR) is 59.4 cm³/mol. The Morgan fingerprint density at radius 2 is 2.00 bits per heavy atom. The van der Waals surface area contributed by atoms with Crippen molar-refractivity contribution in [3.05, 3.63) is 47.0 Å². The second kappa shape index (κ2) is 5.07. The minimum absolute atomic E-state index is 0.0329. The van der Waals surface area contributed by atoms with Crippen LogP contribution in [-0.4, -0.2) is 15.1 Å². The van der Waals surface area contributed by atoms with Crippen molar-refractivity contribution >= 4 is 11.6 Å². The molecule has 0 aliphatic rings. The Hall–Kier alpha value is -1.72. The van der Waals surface area contributed by atoms with Gasteiger partial charge in [-0.2, -0.15) is 0 Å². The SMILES string of the molecule is OCc1cnc(Oc2ccc(F)c(Cl)c2)nc1. The average Bonchev–Trinajstić information content (AvgIpc) is 2.35. The molecule has 4 nitrogen and oxygen atoms in total. The number of hydrogen-bond acceptors (Lipinski definition) is 4. The van der Waals surface area contributed by atoms with Crippen molar-refractivity contribution in [2.24, 2.45) is 0 Å². The fraction of sp³-hybridized carbons (Fsp3) is 0.0909. The van der Waals surface area contributed by atoms with E-state index in [-0.39, 0.29) is 17.6 Å². The standard InChI is InChI=1S/C11H8ClFN2O2/c12-9-3-8(1-2-10(9)13)17-11-14-4-7(6-16)5-15-11/h1-5,16H,6H2. The van der Waals surface area contributed by atoms with Crippen LogP contribution in [0.2, 0.25) is 5.02 Å². The number of aromatic nitrogens is 2. The molecule has 0 radical (unpaired) electrons. The first-order chi connectivity index (χ1) is 8.19. The molecule has 0 unspecified atom stereocenters. The fourth-order valence-electron chi connectivity index (χ4n) is 1.12. The van der Waals surface area contributed by atoms with Crippen molar-refractivity contribution in [2.75, 3.05) is 0 Å². The van der Waals surface area contributed by atoms with Gasteiger partial charge in [0.05, 0.1) is 11.6 Å². The van der Waals surface area contributed by atoms with E-state index in [0.29, 0.717) is 11.3 Å². The minimum atomic E-state index is -0.518. The van der Waals surface area contributed by atoms with Gasteiger partial charge in [-0.25, -0.2) is 14.4 Å². The maximum atomic E-state index is 12.9. The van der Waals surface area contributed by atoms with Crippen molar-refractivity contribution in [3.8, 4) is 11.8 Å². The van der Waals surface area contributed by atoms with Gasteiger partial charge in [-0.15, -0.1) is 0 Å². The summed E-state index contributed by atoms with van der Waals surface area (Å²) < 4.78 is 18.1. The first-order valence-electron chi connectivity index (χ1n) is 4.73. The van der Waals surface area contributed by atoms with Crippen LogP contribution >= 0.6 is 11.6 Å². The molecule has 1 heterocycles. The van der Waals surface area contributed by atoms with Crippen LogP contribution in [0.3, 0.4) is 0 Å². The van der Waals surface area contributed by atoms with E-state index in [4.69, 9.17) is 21.4 Å². The van der Waals surface area contributed by atoms with Gasteiger partial charge in [-0.3, -0.25) is 0 Å². The monoisotopic (exact) mass is 254 g/mol. The lowest BCUT2D eigenvalue weighted by Gasteiger charge is -2.04. The molecular weight excluding hydrogens is 247 g/mol. The molecule has 0 saturated carbocycles. The summed E-state index contributed by atoms with van der Waals surface area (Å²) in [6, 6.07) is 4.05. The number of benzene rings is 1. The number of aliphatic hydroxyl groups is 1. The number of hydrogen-bond donors (Lipinski definition) is 1. The Morgan fingerprint density at radius 3 is 2.59 bits per heavy atom. The Labute approximate surface area is 102 Å². The van der Waals surface area contributed by atoms with E-state index in [9.17, 15) is 4.39 Å². The summed E-state index contributed by atoms with van der Waals surface area (Å²) in [5.74, 6) is -0.177. The average molecular weight is 255 g/mol. The highest BCUT2D eigenvalue weighted by atomic mass is 35.5. The van der Waals surface area contributed by atoms with Crippen LogP contribution in [0, 0.1) is 5.82 Å². The smallest absolute Gasteiger partial charge is 0.321 e. The predicted octanol–water partition coefficient (Wildman–Crippen LogP) is 2.55. The third-order valence-electron chi connectivity index (χ3n) is 1.96. The number of rotatable bonds is 3. The second-order valence-electron chi connectivity index (χ2n) is 3.21. The molecule has 0 amide bonds. The van der Waals surface area contributed by atoms with Gasteiger partial charge in [0.15, 0.2) is 0 Å². The Kier molecular flexibility index (Phi) is 3.51. The van der Waals surface area contributed by atoms with E-state index in [0.717, 1.165) is 0 Å². The first-order valence-corrected chi connectivity index (χ1v) is 5.11. The summed E-state index contributed by atoms with van der Waals surface area (Å²) in [5.41, 5.74) is 0.578. The zero-order valence-electron chi connectivity index (χ0n) is 8.60. The Balaban J connectivity index is 2.16. The second-order valence-corrected chi connectivity index (χ2v) is 3.62. The quantitative estimate of drug-likeness (QED) is 0.915. The largest absolute Gasteiger partial charge is 0.424 e. The van der Waals surface area contributed by atoms with Gasteiger partial charge in [0.25, 0.3) is 0 Å². The molecule has 0 aliphatic carbocycles. The summed E-state index contributed by atoms with van der Waals surface area (Å²) in [5, 5.41) is 8.77. The molecule has 0 atom stereocenters. The van der Waals surface area contributed by atoms with E-state index in [2.05, 4.69) is 9.97 Å². The van der Waals surface area contributed by atoms with Crippen LogP contribution in [0.4, 0.5) is 4.39 Å². The lowest BCUT2D eigenvalue weighted by molar-refractivity contribution is 0.280. The highest BCUT2D eigenvalue weighted by molar-refractivity contribution is 6.30. The van der Waals surface area contributed by atoms with E-state index >= 15 is 0 Å². The highest BCUT2D eigenvalue weighted by Crippen LogP contribution is 2.23. The van der Waals surface area contributed by atoms with Gasteiger partial charge >= 0.3 is 6.01 Å². The normalized spacial score (nSPS) is 10.3. The number of nitrogens with zero attached hydrogens (tertiary/aromatic N) is 2. The lowest BCUT2D eigenvalue weighted by Crippen LogP contribution is -1.94. The van der Waals surface area contributed by atoms with Crippen LogP contribution in [0.1, 0.15) is 5.56 Å². The van der Waals surface area contributed by atoms with Gasteiger partial charge in [-0.1, -0.05) is 11.6 Å². The maximum Gasteiger partial charge on any atom is 0.321 e. The van der Waals surface area contributed by atoms with Gasteiger partial charge in [0.1, 0.15) is 11.6 Å². The third kappa shape index (κ3) is 2.89. The van der Waals surface area contributed by atoms with Gasteiger partial charge in [-0.05, 0) is 12.1 Å². The molecule has 0 bridgehead atoms. The number of ether oxygens (including phenoxy) is 1. The summed E-state index contributed by atoms with van der Waals surface area (Å²) in [6.45, 7) is -0.136. The molecule has 1 aromatic heterocycles. The molecule has 88 valence electrons. The molecule has 0 aliphatic heterocycles. The maximum absolute atomic E-state index is 12.9. The van der Waals surface area contributed by atoms with Gasteiger partial charge in [0.2, 0.25) is 0 Å². The van der Waals surface area contributed by atoms with E-state index < -0.39 is 5.82 Å². The first kappa shape index (κ1) is 11.8. The van der Waals surface area contributed by atoms with Crippen molar-refractivity contribution in [1.82, 2.24) is 9.97 Å². The molecule has 0 fully saturated rings. The molecule has 17 heavy (non-hydrogen) atoms. The van der Waals surface area contributed by atoms with Crippen molar-refractivity contribution < 1.29 is 14.2 Å². The molecular formula is C11H8ClFN2O2. The number of halogens is 2. The summed E-state index contributed by atoms with van der Waals surface area (Å²) in [7, 11) is 0. The molecule has 0 spiro atoms. The molecule has 6 heteroatoms. The highest BCUT2D eigenvalue weighted by Gasteiger charge is 2.04. The van der Waals surface area contributed by atoms with Crippen LogP contribution < -0.4 is 4.74 Å². The third-order valence-corrected chi connectivity index (χ3v) is 2.25. The Bertz CT molecular complexity index is 519. The van der Waals surface area contributed by atoms with Crippen molar-refractivity contribution in [3.63, 3.8) is 0 Å². The fourth-order valence-corrected chi connectivity index (χ4v) is 1.29. The molecule has 2 aromatic rings. The van der Waals surface area contributed by atoms with Gasteiger partial charge < -0.3 is 9.84 Å². The van der Waals surface area contributed by atoms with E-state index in [1.54, 1.807) is 0 Å². The number of aliphatic hydroxyl groups excluding tert-OH is 1. The summed E-state index contributed by atoms with van der Waals surface area (Å²) >= 11 is 5.60. The lowest BCUT2D eigenvalue weighted by atomic mass is 10.3. The molecule has 1 aromatic carbocycles. The van der Waals surface area contributed by atoms with Crippen LogP contribution in [0.15, 0.2) is 30.6 Å².